The number of primary amides is 1. The number of halogens is 4. The third kappa shape index (κ3) is 6.20. The molecule has 3 aliphatic rings. The van der Waals surface area contributed by atoms with Crippen LogP contribution in [-0.4, -0.2) is 43.8 Å². The molecular formula is C32H31Cl2F2N3O5S. The van der Waals surface area contributed by atoms with Gasteiger partial charge in [0.15, 0.2) is 0 Å². The van der Waals surface area contributed by atoms with Gasteiger partial charge in [-0.25, -0.2) is 21.9 Å². The number of hydrogen-bond acceptors (Lipinski definition) is 5. The Kier molecular flexibility index (Phi) is 8.68. The van der Waals surface area contributed by atoms with Crippen LogP contribution < -0.4 is 10.5 Å². The van der Waals surface area contributed by atoms with Crippen LogP contribution in [0.1, 0.15) is 60.9 Å². The third-order valence-electron chi connectivity index (χ3n) is 8.85. The molecule has 0 aromatic heterocycles. The third-order valence-corrected chi connectivity index (χ3v) is 11.5. The van der Waals surface area contributed by atoms with Gasteiger partial charge in [0.05, 0.1) is 12.5 Å². The maximum absolute atomic E-state index is 14.8. The largest absolute Gasteiger partial charge is 0.370 e. The summed E-state index contributed by atoms with van der Waals surface area (Å²) >= 11 is 12.6. The Balaban J connectivity index is 1.41. The number of benzene rings is 3. The highest BCUT2D eigenvalue weighted by Gasteiger charge is 2.59. The first-order valence-corrected chi connectivity index (χ1v) is 16.9. The van der Waals surface area contributed by atoms with Gasteiger partial charge in [-0.2, -0.15) is 0 Å². The second kappa shape index (κ2) is 12.3. The van der Waals surface area contributed by atoms with E-state index in [9.17, 15) is 26.8 Å². The fourth-order valence-electron chi connectivity index (χ4n) is 6.39. The van der Waals surface area contributed by atoms with Crippen molar-refractivity contribution in [3.63, 3.8) is 0 Å². The molecule has 0 unspecified atom stereocenters. The van der Waals surface area contributed by atoms with Gasteiger partial charge >= 0.3 is 0 Å². The number of nitrogens with two attached hydrogens (primary N) is 1. The molecule has 1 aliphatic heterocycles. The van der Waals surface area contributed by atoms with Gasteiger partial charge in [0.25, 0.3) is 5.91 Å². The van der Waals surface area contributed by atoms with E-state index in [0.717, 1.165) is 25.0 Å². The van der Waals surface area contributed by atoms with Crippen molar-refractivity contribution in [3.05, 3.63) is 105 Å². The van der Waals surface area contributed by atoms with Gasteiger partial charge < -0.3 is 15.4 Å². The maximum atomic E-state index is 14.8. The van der Waals surface area contributed by atoms with Gasteiger partial charge in [0.1, 0.15) is 28.6 Å². The first kappa shape index (κ1) is 31.9. The van der Waals surface area contributed by atoms with Crippen LogP contribution in [0, 0.1) is 17.6 Å². The average molecular weight is 679 g/mol. The normalized spacial score (nSPS) is 23.5. The number of nitrogens with one attached hydrogen (secondary N) is 1. The van der Waals surface area contributed by atoms with Gasteiger partial charge in [0, 0.05) is 28.2 Å². The molecular weight excluding hydrogens is 647 g/mol. The molecule has 238 valence electrons. The van der Waals surface area contributed by atoms with Crippen LogP contribution >= 0.6 is 23.2 Å². The van der Waals surface area contributed by atoms with E-state index >= 15 is 0 Å². The lowest BCUT2D eigenvalue weighted by Crippen LogP contribution is -2.58. The minimum absolute atomic E-state index is 0.0513. The van der Waals surface area contributed by atoms with Crippen LogP contribution in [0.15, 0.2) is 66.7 Å². The zero-order valence-electron chi connectivity index (χ0n) is 24.0. The Hall–Kier alpha value is -3.09. The second-order valence-electron chi connectivity index (χ2n) is 11.9. The molecule has 1 heterocycles. The summed E-state index contributed by atoms with van der Waals surface area (Å²) in [6.45, 7) is -0.216. The quantitative estimate of drug-likeness (QED) is 0.276. The van der Waals surface area contributed by atoms with E-state index in [1.807, 2.05) is 0 Å². The highest BCUT2D eigenvalue weighted by Crippen LogP contribution is 2.54. The molecule has 0 spiro atoms. The summed E-state index contributed by atoms with van der Waals surface area (Å²) in [5.74, 6) is -3.21. The second-order valence-corrected chi connectivity index (χ2v) is 14.8. The van der Waals surface area contributed by atoms with E-state index in [0.29, 0.717) is 21.2 Å². The van der Waals surface area contributed by atoms with Crippen molar-refractivity contribution in [1.29, 1.82) is 0 Å². The SMILES string of the molecule is NC(=O)C[C@@H]1O[C@H](c2cccc(Cl)c2)[C@@H](c2ccc(Cl)cc2)N([C@H](CNS(=O)(=O)C2(c3c(F)cccc3F)CC2)C2CC2)C1=O. The Morgan fingerprint density at radius 1 is 1.00 bits per heavy atom. The molecule has 6 rings (SSSR count). The number of nitrogens with zero attached hydrogens (tertiary/aromatic N) is 1. The molecule has 13 heteroatoms. The smallest absolute Gasteiger partial charge is 0.253 e. The van der Waals surface area contributed by atoms with E-state index < -0.39 is 74.5 Å². The zero-order valence-corrected chi connectivity index (χ0v) is 26.3. The zero-order chi connectivity index (χ0) is 32.1. The van der Waals surface area contributed by atoms with E-state index in [2.05, 4.69) is 4.72 Å². The topological polar surface area (TPSA) is 119 Å². The Bertz CT molecular complexity index is 1710. The number of morpholine rings is 1. The molecule has 2 aliphatic carbocycles. The summed E-state index contributed by atoms with van der Waals surface area (Å²) in [6, 6.07) is 15.6. The van der Waals surface area contributed by atoms with Crippen LogP contribution in [-0.2, 0) is 29.1 Å². The summed E-state index contributed by atoms with van der Waals surface area (Å²) in [4.78, 5) is 27.9. The summed E-state index contributed by atoms with van der Waals surface area (Å²) < 4.78 is 64.3. The molecule has 3 N–H and O–H groups in total. The van der Waals surface area contributed by atoms with Crippen molar-refractivity contribution in [2.24, 2.45) is 11.7 Å². The van der Waals surface area contributed by atoms with E-state index in [1.54, 1.807) is 53.4 Å². The Morgan fingerprint density at radius 2 is 1.64 bits per heavy atom. The van der Waals surface area contributed by atoms with E-state index in [-0.39, 0.29) is 25.3 Å². The lowest BCUT2D eigenvalue weighted by molar-refractivity contribution is -0.181. The van der Waals surface area contributed by atoms with Crippen molar-refractivity contribution >= 4 is 45.0 Å². The van der Waals surface area contributed by atoms with Gasteiger partial charge in [-0.15, -0.1) is 0 Å². The standard InChI is InChI=1S/C32H31Cl2F2N3O5S/c33-21-11-9-19(10-12-21)29-30(20-3-1-4-22(34)15-20)44-26(16-27(37)40)31(41)39(29)25(18-7-8-18)17-38-45(42,43)32(13-14-32)28-23(35)5-2-6-24(28)36/h1-6,9-12,15,18,25-26,29-30,38H,7-8,13-14,16-17H2,(H2,37,40)/t25-,26+,29-,30-/m1/s1. The number of amides is 2. The summed E-state index contributed by atoms with van der Waals surface area (Å²) in [7, 11) is -4.30. The molecule has 1 saturated heterocycles. The van der Waals surface area contributed by atoms with Gasteiger partial charge in [-0.3, -0.25) is 9.59 Å². The van der Waals surface area contributed by atoms with Crippen molar-refractivity contribution < 1.29 is 31.5 Å². The highest BCUT2D eigenvalue weighted by molar-refractivity contribution is 7.90. The molecule has 3 aromatic carbocycles. The fraction of sp³-hybridized carbons (Fsp3) is 0.375. The number of ether oxygens (including phenoxy) is 1. The minimum Gasteiger partial charge on any atom is -0.370 e. The van der Waals surface area contributed by atoms with Gasteiger partial charge in [-0.05, 0) is 79.1 Å². The van der Waals surface area contributed by atoms with Crippen LogP contribution in [0.3, 0.4) is 0 Å². The average Bonchev–Trinajstić information content (AvgIpc) is 3.91. The van der Waals surface area contributed by atoms with Gasteiger partial charge in [0.2, 0.25) is 15.9 Å². The van der Waals surface area contributed by atoms with Crippen LogP contribution in [0.5, 0.6) is 0 Å². The summed E-state index contributed by atoms with van der Waals surface area (Å²) in [5.41, 5.74) is 6.34. The van der Waals surface area contributed by atoms with E-state index in [4.69, 9.17) is 33.7 Å². The highest BCUT2D eigenvalue weighted by atomic mass is 35.5. The van der Waals surface area contributed by atoms with Crippen LogP contribution in [0.2, 0.25) is 10.0 Å². The minimum atomic E-state index is -4.30. The lowest BCUT2D eigenvalue weighted by Gasteiger charge is -2.48. The molecule has 8 nitrogen and oxygen atoms in total. The predicted octanol–water partition coefficient (Wildman–Crippen LogP) is 5.54. The number of rotatable bonds is 11. The molecule has 3 fully saturated rings. The van der Waals surface area contributed by atoms with E-state index in [1.165, 1.54) is 6.07 Å². The monoisotopic (exact) mass is 677 g/mol. The van der Waals surface area contributed by atoms with Crippen molar-refractivity contribution in [3.8, 4) is 0 Å². The predicted molar refractivity (Wildman–Crippen MR) is 165 cm³/mol. The number of sulfonamides is 1. The summed E-state index contributed by atoms with van der Waals surface area (Å²) in [6.07, 6.45) is -0.897. The number of carbonyl (C=O) groups excluding carboxylic acids is 2. The van der Waals surface area contributed by atoms with Crippen LogP contribution in [0.25, 0.3) is 0 Å². The first-order valence-electron chi connectivity index (χ1n) is 14.6. The Labute approximate surface area is 269 Å². The Morgan fingerprint density at radius 3 is 2.22 bits per heavy atom. The molecule has 0 radical (unpaired) electrons. The van der Waals surface area contributed by atoms with Gasteiger partial charge in [-0.1, -0.05) is 53.5 Å². The van der Waals surface area contributed by atoms with Crippen molar-refractivity contribution in [2.45, 2.75) is 61.1 Å². The fourth-order valence-corrected chi connectivity index (χ4v) is 8.49. The van der Waals surface area contributed by atoms with Crippen LogP contribution in [0.4, 0.5) is 8.78 Å². The lowest BCUT2D eigenvalue weighted by atomic mass is 9.89. The summed E-state index contributed by atoms with van der Waals surface area (Å²) in [5, 5.41) is 0.906. The number of carbonyl (C=O) groups is 2. The molecule has 2 saturated carbocycles. The van der Waals surface area contributed by atoms with Crippen molar-refractivity contribution in [2.75, 3.05) is 6.54 Å². The maximum Gasteiger partial charge on any atom is 0.253 e. The molecule has 45 heavy (non-hydrogen) atoms. The molecule has 3 aromatic rings. The van der Waals surface area contributed by atoms with Crippen molar-refractivity contribution in [1.82, 2.24) is 9.62 Å². The molecule has 2 amide bonds. The molecule has 0 bridgehead atoms. The number of hydrogen-bond donors (Lipinski definition) is 2. The molecule has 4 atom stereocenters. The first-order chi connectivity index (χ1) is 21.4.